The van der Waals surface area contributed by atoms with E-state index in [-0.39, 0.29) is 12.0 Å². The summed E-state index contributed by atoms with van der Waals surface area (Å²) in [6.07, 6.45) is 2.91. The molecule has 1 rings (SSSR count). The number of unbranched alkanes of at least 4 members (excludes halogenated alkanes) is 1. The van der Waals surface area contributed by atoms with Crippen LogP contribution in [-0.2, 0) is 14.3 Å². The van der Waals surface area contributed by atoms with Gasteiger partial charge in [0.1, 0.15) is 6.10 Å². The number of hydrogen-bond donors (Lipinski definition) is 2. The van der Waals surface area contributed by atoms with Gasteiger partial charge in [0.2, 0.25) is 5.91 Å². The molecule has 0 radical (unpaired) electrons. The largest absolute Gasteiger partial charge is 0.376 e. The molecule has 0 bridgehead atoms. The summed E-state index contributed by atoms with van der Waals surface area (Å²) in [6.45, 7) is 6.75. The molecule has 1 atom stereocenters. The normalized spacial score (nSPS) is 19.6. The highest BCUT2D eigenvalue weighted by Crippen LogP contribution is 2.14. The van der Waals surface area contributed by atoms with Gasteiger partial charge in [-0.2, -0.15) is 0 Å². The van der Waals surface area contributed by atoms with Crippen molar-refractivity contribution in [2.75, 3.05) is 26.4 Å². The van der Waals surface area contributed by atoms with Crippen LogP contribution < -0.4 is 11.1 Å². The van der Waals surface area contributed by atoms with Crippen molar-refractivity contribution in [3.05, 3.63) is 0 Å². The lowest BCUT2D eigenvalue weighted by Gasteiger charge is -2.28. The second-order valence-electron chi connectivity index (χ2n) is 4.71. The molecular weight excluding hydrogens is 220 g/mol. The summed E-state index contributed by atoms with van der Waals surface area (Å²) >= 11 is 0. The second kappa shape index (κ2) is 6.93. The van der Waals surface area contributed by atoms with Crippen LogP contribution in [0.4, 0.5) is 0 Å². The monoisotopic (exact) mass is 244 g/mol. The molecule has 100 valence electrons. The highest BCUT2D eigenvalue weighted by molar-refractivity contribution is 5.84. The lowest BCUT2D eigenvalue weighted by atomic mass is 9.94. The molecule has 3 N–H and O–H groups in total. The molecule has 5 nitrogen and oxygen atoms in total. The van der Waals surface area contributed by atoms with Crippen molar-refractivity contribution >= 4 is 5.91 Å². The van der Waals surface area contributed by atoms with E-state index in [4.69, 9.17) is 15.2 Å². The van der Waals surface area contributed by atoms with Gasteiger partial charge in [-0.15, -0.1) is 0 Å². The predicted octanol–water partition coefficient (Wildman–Crippen LogP) is 0.426. The van der Waals surface area contributed by atoms with Crippen LogP contribution in [0.2, 0.25) is 0 Å². The first-order valence-corrected chi connectivity index (χ1v) is 6.33. The van der Waals surface area contributed by atoms with Crippen LogP contribution in [0, 0.1) is 0 Å². The van der Waals surface area contributed by atoms with Gasteiger partial charge in [-0.3, -0.25) is 4.79 Å². The van der Waals surface area contributed by atoms with Crippen LogP contribution in [-0.4, -0.2) is 43.9 Å². The van der Waals surface area contributed by atoms with Crippen molar-refractivity contribution in [1.82, 2.24) is 5.32 Å². The van der Waals surface area contributed by atoms with Crippen LogP contribution in [0.25, 0.3) is 0 Å². The number of nitrogens with two attached hydrogens (primary N) is 1. The average Bonchev–Trinajstić information content (AvgIpc) is 2.20. The van der Waals surface area contributed by atoms with Crippen molar-refractivity contribution in [3.63, 3.8) is 0 Å². The van der Waals surface area contributed by atoms with Gasteiger partial charge in [0.05, 0.1) is 18.8 Å². The fraction of sp³-hybridized carbons (Fsp3) is 0.917. The lowest BCUT2D eigenvalue weighted by Crippen LogP contribution is -2.53. The number of ether oxygens (including phenoxy) is 2. The number of carbonyl (C=O) groups excluding carboxylic acids is 1. The zero-order valence-corrected chi connectivity index (χ0v) is 10.8. The van der Waals surface area contributed by atoms with Crippen molar-refractivity contribution in [2.45, 2.75) is 44.8 Å². The minimum atomic E-state index is -0.589. The summed E-state index contributed by atoms with van der Waals surface area (Å²) < 4.78 is 10.6. The fourth-order valence-corrected chi connectivity index (χ4v) is 1.83. The van der Waals surface area contributed by atoms with E-state index in [2.05, 4.69) is 5.32 Å². The van der Waals surface area contributed by atoms with Crippen LogP contribution in [0.3, 0.4) is 0 Å². The van der Waals surface area contributed by atoms with Gasteiger partial charge in [-0.1, -0.05) is 6.92 Å². The third-order valence-electron chi connectivity index (χ3n) is 3.14. The Hall–Kier alpha value is -0.650. The van der Waals surface area contributed by atoms with Gasteiger partial charge in [0.15, 0.2) is 0 Å². The van der Waals surface area contributed by atoms with Crippen LogP contribution >= 0.6 is 0 Å². The number of amides is 1. The summed E-state index contributed by atoms with van der Waals surface area (Å²) in [5.74, 6) is -0.285. The molecule has 1 heterocycles. The molecular formula is C12H24N2O3. The first-order chi connectivity index (χ1) is 8.08. The van der Waals surface area contributed by atoms with Crippen molar-refractivity contribution in [1.29, 1.82) is 0 Å². The molecule has 1 aliphatic heterocycles. The molecule has 0 spiro atoms. The molecule has 17 heavy (non-hydrogen) atoms. The number of likely N-dealkylation sites (N-methyl/N-ethyl adjacent to an activating group) is 1. The summed E-state index contributed by atoms with van der Waals surface area (Å²) in [7, 11) is 0. The Bertz CT molecular complexity index is 244. The van der Waals surface area contributed by atoms with E-state index in [1.165, 1.54) is 0 Å². The number of hydrogen-bond acceptors (Lipinski definition) is 4. The van der Waals surface area contributed by atoms with E-state index in [0.29, 0.717) is 0 Å². The van der Waals surface area contributed by atoms with Gasteiger partial charge in [0.25, 0.3) is 0 Å². The Morgan fingerprint density at radius 2 is 2.24 bits per heavy atom. The van der Waals surface area contributed by atoms with Crippen molar-refractivity contribution < 1.29 is 14.3 Å². The third-order valence-corrected chi connectivity index (χ3v) is 3.14. The minimum Gasteiger partial charge on any atom is -0.376 e. The van der Waals surface area contributed by atoms with Gasteiger partial charge < -0.3 is 20.5 Å². The molecule has 0 aromatic rings. The van der Waals surface area contributed by atoms with E-state index >= 15 is 0 Å². The smallest absolute Gasteiger partial charge is 0.237 e. The fourth-order valence-electron chi connectivity index (χ4n) is 1.83. The Morgan fingerprint density at radius 1 is 1.53 bits per heavy atom. The molecule has 0 aromatic carbocycles. The Morgan fingerprint density at radius 3 is 2.71 bits per heavy atom. The number of nitrogens with one attached hydrogen (secondary N) is 1. The topological polar surface area (TPSA) is 73.6 Å². The van der Waals surface area contributed by atoms with Crippen LogP contribution in [0.5, 0.6) is 0 Å². The van der Waals surface area contributed by atoms with Crippen LogP contribution in [0.1, 0.15) is 33.1 Å². The standard InChI is InChI=1S/C12H24N2O3/c1-3-14-12(2,11(13)15)6-4-5-7-17-10-8-16-9-10/h10,14H,3-9H2,1-2H3,(H2,13,15). The number of carbonyl (C=O) groups is 1. The molecule has 1 unspecified atom stereocenters. The molecule has 1 fully saturated rings. The number of primary amides is 1. The molecule has 0 aromatic heterocycles. The minimum absolute atomic E-state index is 0.284. The summed E-state index contributed by atoms with van der Waals surface area (Å²) in [5, 5.41) is 3.15. The Labute approximate surface area is 103 Å². The van der Waals surface area contributed by atoms with E-state index in [0.717, 1.165) is 45.6 Å². The van der Waals surface area contributed by atoms with E-state index < -0.39 is 5.54 Å². The van der Waals surface area contributed by atoms with Gasteiger partial charge in [-0.05, 0) is 32.7 Å². The highest BCUT2D eigenvalue weighted by Gasteiger charge is 2.29. The van der Waals surface area contributed by atoms with Gasteiger partial charge in [-0.25, -0.2) is 0 Å². The van der Waals surface area contributed by atoms with E-state index in [9.17, 15) is 4.79 Å². The van der Waals surface area contributed by atoms with Crippen LogP contribution in [0.15, 0.2) is 0 Å². The maximum absolute atomic E-state index is 11.4. The zero-order valence-electron chi connectivity index (χ0n) is 10.8. The first-order valence-electron chi connectivity index (χ1n) is 6.33. The van der Waals surface area contributed by atoms with Gasteiger partial charge >= 0.3 is 0 Å². The second-order valence-corrected chi connectivity index (χ2v) is 4.71. The van der Waals surface area contributed by atoms with E-state index in [1.54, 1.807) is 0 Å². The summed E-state index contributed by atoms with van der Waals surface area (Å²) in [5.41, 5.74) is 4.81. The summed E-state index contributed by atoms with van der Waals surface area (Å²) in [6, 6.07) is 0. The molecule has 5 heteroatoms. The molecule has 0 saturated carbocycles. The third kappa shape index (κ3) is 4.61. The Kier molecular flexibility index (Phi) is 5.88. The van der Waals surface area contributed by atoms with Gasteiger partial charge in [0, 0.05) is 6.61 Å². The van der Waals surface area contributed by atoms with E-state index in [1.807, 2.05) is 13.8 Å². The SMILES string of the molecule is CCNC(C)(CCCCOC1COC1)C(N)=O. The Balaban J connectivity index is 2.11. The first kappa shape index (κ1) is 14.4. The molecule has 1 saturated heterocycles. The summed E-state index contributed by atoms with van der Waals surface area (Å²) in [4.78, 5) is 11.4. The average molecular weight is 244 g/mol. The molecule has 0 aliphatic carbocycles. The van der Waals surface area contributed by atoms with Crippen molar-refractivity contribution in [2.24, 2.45) is 5.73 Å². The predicted molar refractivity (Wildman–Crippen MR) is 65.7 cm³/mol. The molecule has 1 aliphatic rings. The maximum atomic E-state index is 11.4. The highest BCUT2D eigenvalue weighted by atomic mass is 16.6. The molecule has 1 amide bonds. The number of rotatable bonds is 9. The quantitative estimate of drug-likeness (QED) is 0.577. The zero-order chi connectivity index (χ0) is 12.7. The lowest BCUT2D eigenvalue weighted by molar-refractivity contribution is -0.130. The van der Waals surface area contributed by atoms with Crippen molar-refractivity contribution in [3.8, 4) is 0 Å². The maximum Gasteiger partial charge on any atom is 0.237 e.